The van der Waals surface area contributed by atoms with Gasteiger partial charge in [0.05, 0.1) is 23.7 Å². The minimum atomic E-state index is -1.12. The zero-order valence-electron chi connectivity index (χ0n) is 11.8. The maximum atomic E-state index is 12.2. The first kappa shape index (κ1) is 13.7. The second kappa shape index (κ2) is 4.36. The minimum Gasteiger partial charge on any atom is -0.507 e. The smallest absolute Gasteiger partial charge is 0.169 e. The summed E-state index contributed by atoms with van der Waals surface area (Å²) in [4.78, 5) is 12.2. The quantitative estimate of drug-likeness (QED) is 0.700. The Morgan fingerprint density at radius 2 is 1.90 bits per heavy atom. The van der Waals surface area contributed by atoms with Crippen LogP contribution in [-0.4, -0.2) is 33.8 Å². The molecule has 2 aromatic carbocycles. The third-order valence-electron chi connectivity index (χ3n) is 3.87. The lowest BCUT2D eigenvalue weighted by molar-refractivity contribution is 0.0409. The second-order valence-electron chi connectivity index (χ2n) is 5.78. The molecule has 2 aromatic rings. The molecule has 0 fully saturated rings. The third-order valence-corrected chi connectivity index (χ3v) is 3.87. The second-order valence-corrected chi connectivity index (χ2v) is 5.78. The number of aliphatic hydroxyl groups is 1. The minimum absolute atomic E-state index is 0.0457. The van der Waals surface area contributed by atoms with Gasteiger partial charge in [-0.15, -0.1) is 0 Å². The fraction of sp³-hybridized carbons (Fsp3) is 0.312. The van der Waals surface area contributed by atoms with Crippen LogP contribution in [0.2, 0.25) is 0 Å². The first-order chi connectivity index (χ1) is 9.82. The van der Waals surface area contributed by atoms with Crippen molar-refractivity contribution < 1.29 is 24.9 Å². The van der Waals surface area contributed by atoms with E-state index >= 15 is 0 Å². The molecule has 5 heteroatoms. The van der Waals surface area contributed by atoms with Gasteiger partial charge in [-0.05, 0) is 30.0 Å². The average Bonchev–Trinajstić information content (AvgIpc) is 2.35. The molecule has 0 radical (unpaired) electrons. The number of carbonyl (C=O) groups is 1. The van der Waals surface area contributed by atoms with E-state index in [9.17, 15) is 20.1 Å². The lowest BCUT2D eigenvalue weighted by Gasteiger charge is -2.29. The highest BCUT2D eigenvalue weighted by molar-refractivity contribution is 6.09. The first-order valence-electron chi connectivity index (χ1n) is 6.63. The molecule has 110 valence electrons. The van der Waals surface area contributed by atoms with Crippen molar-refractivity contribution in [3.05, 3.63) is 29.3 Å². The van der Waals surface area contributed by atoms with E-state index < -0.39 is 5.60 Å². The predicted octanol–water partition coefficient (Wildman–Crippen LogP) is 2.14. The van der Waals surface area contributed by atoms with E-state index in [-0.39, 0.29) is 41.1 Å². The normalized spacial score (nSPS) is 21.4. The Bertz CT molecular complexity index is 761. The molecule has 21 heavy (non-hydrogen) atoms. The van der Waals surface area contributed by atoms with Crippen LogP contribution < -0.4 is 4.74 Å². The van der Waals surface area contributed by atoms with Crippen molar-refractivity contribution >= 4 is 16.6 Å². The van der Waals surface area contributed by atoms with Crippen LogP contribution in [0.25, 0.3) is 10.8 Å². The summed E-state index contributed by atoms with van der Waals surface area (Å²) in [5.74, 6) is -0.248. The van der Waals surface area contributed by atoms with Gasteiger partial charge in [0.2, 0.25) is 0 Å². The number of rotatable bonds is 1. The van der Waals surface area contributed by atoms with Crippen molar-refractivity contribution in [2.45, 2.75) is 25.4 Å². The molecular formula is C16H16O5. The van der Waals surface area contributed by atoms with Gasteiger partial charge in [-0.25, -0.2) is 0 Å². The summed E-state index contributed by atoms with van der Waals surface area (Å²) < 4.78 is 5.09. The van der Waals surface area contributed by atoms with E-state index in [4.69, 9.17) is 4.74 Å². The number of methoxy groups -OCH3 is 1. The van der Waals surface area contributed by atoms with E-state index in [2.05, 4.69) is 0 Å². The molecule has 1 aliphatic carbocycles. The molecular weight excluding hydrogens is 273 g/mol. The number of phenols is 2. The molecule has 5 nitrogen and oxygen atoms in total. The van der Waals surface area contributed by atoms with Crippen LogP contribution in [0.15, 0.2) is 18.2 Å². The fourth-order valence-electron chi connectivity index (χ4n) is 3.01. The van der Waals surface area contributed by atoms with Gasteiger partial charge < -0.3 is 20.1 Å². The van der Waals surface area contributed by atoms with Crippen LogP contribution in [0.5, 0.6) is 17.2 Å². The molecule has 3 N–H and O–H groups in total. The molecule has 0 amide bonds. The molecule has 0 spiro atoms. The number of aromatic hydroxyl groups is 2. The first-order valence-corrected chi connectivity index (χ1v) is 6.63. The number of phenolic OH excluding ortho intramolecular Hbond substituents is 2. The number of Topliss-reactive ketones (excluding diaryl/α,β-unsaturated/α-hetero) is 1. The Labute approximate surface area is 121 Å². The number of fused-ring (bicyclic) bond motifs is 2. The lowest BCUT2D eigenvalue weighted by atomic mass is 9.79. The zero-order valence-corrected chi connectivity index (χ0v) is 11.8. The number of hydrogen-bond donors (Lipinski definition) is 3. The average molecular weight is 289 g/mol. The largest absolute Gasteiger partial charge is 0.507 e. The Balaban J connectivity index is 2.35. The van der Waals surface area contributed by atoms with Gasteiger partial charge in [0.1, 0.15) is 17.2 Å². The van der Waals surface area contributed by atoms with Crippen LogP contribution in [0.4, 0.5) is 0 Å². The summed E-state index contributed by atoms with van der Waals surface area (Å²) in [6.45, 7) is 1.60. The van der Waals surface area contributed by atoms with Crippen molar-refractivity contribution in [1.29, 1.82) is 0 Å². The molecule has 3 rings (SSSR count). The van der Waals surface area contributed by atoms with E-state index in [1.807, 2.05) is 0 Å². The number of benzene rings is 2. The molecule has 0 unspecified atom stereocenters. The maximum absolute atomic E-state index is 12.2. The molecule has 0 heterocycles. The summed E-state index contributed by atoms with van der Waals surface area (Å²) in [6.07, 6.45) is 0.228. The van der Waals surface area contributed by atoms with Crippen LogP contribution >= 0.6 is 0 Å². The molecule has 0 saturated heterocycles. The monoisotopic (exact) mass is 289 g/mol. The number of ether oxygens (including phenoxy) is 1. The van der Waals surface area contributed by atoms with E-state index in [0.717, 1.165) is 0 Å². The van der Waals surface area contributed by atoms with Gasteiger partial charge >= 0.3 is 0 Å². The number of ketones is 1. The molecule has 0 aromatic heterocycles. The Morgan fingerprint density at radius 3 is 2.57 bits per heavy atom. The fourth-order valence-corrected chi connectivity index (χ4v) is 3.01. The summed E-state index contributed by atoms with van der Waals surface area (Å²) in [5, 5.41) is 31.4. The third kappa shape index (κ3) is 2.10. The molecule has 0 aliphatic heterocycles. The summed E-state index contributed by atoms with van der Waals surface area (Å²) >= 11 is 0. The number of hydrogen-bond acceptors (Lipinski definition) is 5. The van der Waals surface area contributed by atoms with Crippen LogP contribution in [-0.2, 0) is 6.42 Å². The standard InChI is InChI=1S/C16H16O5/c1-16(20)6-9-3-8-4-10(21-2)5-11(17)13(8)15(19)14(9)12(18)7-16/h3-5,17,19-20H,6-7H2,1-2H3/t16-/m1/s1/i2+1. The van der Waals surface area contributed by atoms with E-state index in [0.29, 0.717) is 16.7 Å². The van der Waals surface area contributed by atoms with Gasteiger partial charge in [-0.3, -0.25) is 4.79 Å². The molecule has 1 atom stereocenters. The molecule has 1 aliphatic rings. The summed E-state index contributed by atoms with van der Waals surface area (Å²) in [5.41, 5.74) is -0.353. The summed E-state index contributed by atoms with van der Waals surface area (Å²) in [7, 11) is 1.48. The highest BCUT2D eigenvalue weighted by Gasteiger charge is 2.35. The van der Waals surface area contributed by atoms with Crippen molar-refractivity contribution in [3.8, 4) is 17.2 Å². The molecule has 0 bridgehead atoms. The Morgan fingerprint density at radius 1 is 1.19 bits per heavy atom. The van der Waals surface area contributed by atoms with E-state index in [1.165, 1.54) is 13.2 Å². The zero-order chi connectivity index (χ0) is 15.4. The van der Waals surface area contributed by atoms with Crippen LogP contribution in [0.1, 0.15) is 29.3 Å². The Hall–Kier alpha value is -2.27. The van der Waals surface area contributed by atoms with Crippen LogP contribution in [0.3, 0.4) is 0 Å². The summed E-state index contributed by atoms with van der Waals surface area (Å²) in [6, 6.07) is 4.76. The lowest BCUT2D eigenvalue weighted by Crippen LogP contribution is -2.35. The van der Waals surface area contributed by atoms with Gasteiger partial charge in [-0.2, -0.15) is 0 Å². The van der Waals surface area contributed by atoms with Gasteiger partial charge in [0.15, 0.2) is 5.78 Å². The highest BCUT2D eigenvalue weighted by atomic mass is 16.5. The van der Waals surface area contributed by atoms with Crippen molar-refractivity contribution in [2.24, 2.45) is 0 Å². The van der Waals surface area contributed by atoms with Crippen LogP contribution in [0, 0.1) is 0 Å². The van der Waals surface area contributed by atoms with Gasteiger partial charge in [0, 0.05) is 18.9 Å². The predicted molar refractivity (Wildman–Crippen MR) is 77.1 cm³/mol. The SMILES string of the molecule is C[C@]1(O)CC(=O)c2c(cc3cc(O[13CH3])cc(O)c3c2O)C1. The van der Waals surface area contributed by atoms with E-state index in [1.54, 1.807) is 19.1 Å². The molecule has 0 saturated carbocycles. The van der Waals surface area contributed by atoms with Gasteiger partial charge in [0.25, 0.3) is 0 Å². The Kier molecular flexibility index (Phi) is 2.85. The van der Waals surface area contributed by atoms with Crippen molar-refractivity contribution in [2.75, 3.05) is 7.11 Å². The van der Waals surface area contributed by atoms with Gasteiger partial charge in [-0.1, -0.05) is 0 Å². The van der Waals surface area contributed by atoms with Crippen molar-refractivity contribution in [1.82, 2.24) is 0 Å². The topological polar surface area (TPSA) is 87.0 Å². The highest BCUT2D eigenvalue weighted by Crippen LogP contribution is 2.43. The van der Waals surface area contributed by atoms with Crippen molar-refractivity contribution in [3.63, 3.8) is 0 Å². The maximum Gasteiger partial charge on any atom is 0.169 e. The number of carbonyl (C=O) groups excluding carboxylic acids is 1.